The number of urea groups is 1. The van der Waals surface area contributed by atoms with Gasteiger partial charge in [0.2, 0.25) is 0 Å². The van der Waals surface area contributed by atoms with E-state index in [0.717, 1.165) is 16.7 Å². The van der Waals surface area contributed by atoms with Crippen LogP contribution in [-0.2, 0) is 21.2 Å². The zero-order valence-corrected chi connectivity index (χ0v) is 12.0. The van der Waals surface area contributed by atoms with Crippen molar-refractivity contribution in [3.63, 3.8) is 0 Å². The van der Waals surface area contributed by atoms with Crippen molar-refractivity contribution in [2.24, 2.45) is 0 Å². The number of carboxylic acid groups (broad SMARTS) is 1. The number of benzene rings is 1. The lowest BCUT2D eigenvalue weighted by Gasteiger charge is -2.15. The smallest absolute Gasteiger partial charge is 0.323 e. The third kappa shape index (κ3) is 4.88. The molecular formula is C12H16N2O5S. The van der Waals surface area contributed by atoms with Gasteiger partial charge in [-0.3, -0.25) is 4.79 Å². The van der Waals surface area contributed by atoms with Gasteiger partial charge in [-0.2, -0.15) is 0 Å². The second-order valence-electron chi connectivity index (χ2n) is 4.32. The number of carbonyl (C=O) groups excluding carboxylic acids is 1. The number of amides is 2. The number of likely N-dealkylation sites (N-methyl/N-ethyl adjacent to an activating group) is 1. The van der Waals surface area contributed by atoms with E-state index in [4.69, 9.17) is 5.11 Å². The quantitative estimate of drug-likeness (QED) is 0.815. The maximum Gasteiger partial charge on any atom is 0.323 e. The number of hydrogen-bond acceptors (Lipinski definition) is 4. The van der Waals surface area contributed by atoms with Crippen molar-refractivity contribution in [3.05, 3.63) is 29.8 Å². The van der Waals surface area contributed by atoms with Gasteiger partial charge in [-0.15, -0.1) is 0 Å². The topological polar surface area (TPSA) is 104 Å². The Bertz CT molecular complexity index is 595. The fraction of sp³-hybridized carbons (Fsp3) is 0.333. The van der Waals surface area contributed by atoms with Crippen molar-refractivity contribution in [3.8, 4) is 0 Å². The maximum absolute atomic E-state index is 11.5. The SMILES string of the molecule is CN(CC(=O)O)C(=O)NCc1ccc(S(C)(=O)=O)cc1. The summed E-state index contributed by atoms with van der Waals surface area (Å²) in [6.45, 7) is -0.203. The van der Waals surface area contributed by atoms with E-state index in [1.807, 2.05) is 0 Å². The third-order valence-electron chi connectivity index (χ3n) is 2.51. The van der Waals surface area contributed by atoms with Crippen LogP contribution in [0.15, 0.2) is 29.2 Å². The molecule has 0 aliphatic heterocycles. The normalized spacial score (nSPS) is 10.9. The highest BCUT2D eigenvalue weighted by Crippen LogP contribution is 2.10. The van der Waals surface area contributed by atoms with Crippen LogP contribution in [0.25, 0.3) is 0 Å². The Morgan fingerprint density at radius 2 is 1.80 bits per heavy atom. The predicted molar refractivity (Wildman–Crippen MR) is 72.1 cm³/mol. The van der Waals surface area contributed by atoms with Crippen LogP contribution in [0.1, 0.15) is 5.56 Å². The number of nitrogens with one attached hydrogen (secondary N) is 1. The Morgan fingerprint density at radius 1 is 1.25 bits per heavy atom. The molecule has 8 heteroatoms. The molecule has 0 unspecified atom stereocenters. The summed E-state index contributed by atoms with van der Waals surface area (Å²) < 4.78 is 22.5. The van der Waals surface area contributed by atoms with Gasteiger partial charge >= 0.3 is 12.0 Å². The third-order valence-corrected chi connectivity index (χ3v) is 3.64. The predicted octanol–water partition coefficient (Wildman–Crippen LogP) is 0.316. The first kappa shape index (κ1) is 16.0. The Labute approximate surface area is 117 Å². The molecule has 0 spiro atoms. The first-order chi connectivity index (χ1) is 9.20. The minimum absolute atomic E-state index is 0.187. The number of sulfone groups is 1. The zero-order chi connectivity index (χ0) is 15.3. The van der Waals surface area contributed by atoms with Gasteiger partial charge in [0.1, 0.15) is 6.54 Å². The monoisotopic (exact) mass is 300 g/mol. The molecule has 0 aliphatic carbocycles. The van der Waals surface area contributed by atoms with Gasteiger partial charge in [0, 0.05) is 19.8 Å². The van der Waals surface area contributed by atoms with Gasteiger partial charge in [0.05, 0.1) is 4.90 Å². The van der Waals surface area contributed by atoms with Crippen molar-refractivity contribution < 1.29 is 23.1 Å². The summed E-state index contributed by atoms with van der Waals surface area (Å²) in [5.41, 5.74) is 0.717. The molecule has 0 aromatic heterocycles. The number of carboxylic acids is 1. The van der Waals surface area contributed by atoms with Gasteiger partial charge in [-0.1, -0.05) is 12.1 Å². The highest BCUT2D eigenvalue weighted by molar-refractivity contribution is 7.90. The highest BCUT2D eigenvalue weighted by atomic mass is 32.2. The number of carbonyl (C=O) groups is 2. The molecule has 0 fully saturated rings. The van der Waals surface area contributed by atoms with E-state index >= 15 is 0 Å². The van der Waals surface area contributed by atoms with Gasteiger partial charge < -0.3 is 15.3 Å². The summed E-state index contributed by atoms with van der Waals surface area (Å²) in [6.07, 6.45) is 1.12. The largest absolute Gasteiger partial charge is 0.480 e. The summed E-state index contributed by atoms with van der Waals surface area (Å²) in [7, 11) is -1.87. The molecule has 1 aromatic rings. The fourth-order valence-electron chi connectivity index (χ4n) is 1.44. The Morgan fingerprint density at radius 3 is 2.25 bits per heavy atom. The van der Waals surface area contributed by atoms with Crippen LogP contribution in [0.2, 0.25) is 0 Å². The summed E-state index contributed by atoms with van der Waals surface area (Å²) in [6, 6.07) is 5.58. The van der Waals surface area contributed by atoms with Crippen LogP contribution in [0.4, 0.5) is 4.79 Å². The molecule has 0 saturated carbocycles. The van der Waals surface area contributed by atoms with Crippen molar-refractivity contribution in [1.29, 1.82) is 0 Å². The van der Waals surface area contributed by atoms with E-state index in [1.54, 1.807) is 12.1 Å². The summed E-state index contributed by atoms with van der Waals surface area (Å²) >= 11 is 0. The van der Waals surface area contributed by atoms with E-state index < -0.39 is 28.4 Å². The highest BCUT2D eigenvalue weighted by Gasteiger charge is 2.11. The van der Waals surface area contributed by atoms with Crippen LogP contribution in [-0.4, -0.2) is 50.3 Å². The molecule has 1 aromatic carbocycles. The second-order valence-corrected chi connectivity index (χ2v) is 6.34. The number of aliphatic carboxylic acids is 1. The molecule has 1 rings (SSSR count). The second kappa shape index (κ2) is 6.38. The van der Waals surface area contributed by atoms with Crippen molar-refractivity contribution in [2.45, 2.75) is 11.4 Å². The lowest BCUT2D eigenvalue weighted by atomic mass is 10.2. The van der Waals surface area contributed by atoms with Crippen LogP contribution >= 0.6 is 0 Å². The zero-order valence-electron chi connectivity index (χ0n) is 11.2. The molecule has 20 heavy (non-hydrogen) atoms. The molecule has 2 amide bonds. The van der Waals surface area contributed by atoms with Crippen LogP contribution in [0.3, 0.4) is 0 Å². The van der Waals surface area contributed by atoms with Gasteiger partial charge in [-0.25, -0.2) is 13.2 Å². The van der Waals surface area contributed by atoms with E-state index in [1.165, 1.54) is 19.2 Å². The Kier molecular flexibility index (Phi) is 5.09. The van der Waals surface area contributed by atoms with Crippen LogP contribution < -0.4 is 5.32 Å². The number of hydrogen-bond donors (Lipinski definition) is 2. The first-order valence-electron chi connectivity index (χ1n) is 5.70. The lowest BCUT2D eigenvalue weighted by molar-refractivity contribution is -0.137. The van der Waals surface area contributed by atoms with E-state index in [-0.39, 0.29) is 11.4 Å². The summed E-state index contributed by atoms with van der Waals surface area (Å²) in [4.78, 5) is 23.2. The Hall–Kier alpha value is -2.09. The lowest BCUT2D eigenvalue weighted by Crippen LogP contribution is -2.39. The minimum Gasteiger partial charge on any atom is -0.480 e. The van der Waals surface area contributed by atoms with E-state index in [9.17, 15) is 18.0 Å². The number of nitrogens with zero attached hydrogens (tertiary/aromatic N) is 1. The minimum atomic E-state index is -3.24. The van der Waals surface area contributed by atoms with Gasteiger partial charge in [0.15, 0.2) is 9.84 Å². The van der Waals surface area contributed by atoms with Gasteiger partial charge in [-0.05, 0) is 17.7 Å². The van der Waals surface area contributed by atoms with Crippen LogP contribution in [0, 0.1) is 0 Å². The van der Waals surface area contributed by atoms with Crippen molar-refractivity contribution in [1.82, 2.24) is 10.2 Å². The molecule has 0 saturated heterocycles. The van der Waals surface area contributed by atoms with Gasteiger partial charge in [0.25, 0.3) is 0 Å². The fourth-order valence-corrected chi connectivity index (χ4v) is 2.07. The van der Waals surface area contributed by atoms with E-state index in [2.05, 4.69) is 5.32 Å². The average molecular weight is 300 g/mol. The molecule has 2 N–H and O–H groups in total. The molecule has 110 valence electrons. The van der Waals surface area contributed by atoms with Crippen LogP contribution in [0.5, 0.6) is 0 Å². The van der Waals surface area contributed by atoms with E-state index in [0.29, 0.717) is 0 Å². The molecule has 7 nitrogen and oxygen atoms in total. The molecular weight excluding hydrogens is 284 g/mol. The Balaban J connectivity index is 2.58. The molecule has 0 bridgehead atoms. The first-order valence-corrected chi connectivity index (χ1v) is 7.59. The summed E-state index contributed by atoms with van der Waals surface area (Å²) in [5.74, 6) is -1.10. The average Bonchev–Trinajstić information content (AvgIpc) is 2.34. The molecule has 0 atom stereocenters. The number of rotatable bonds is 5. The van der Waals surface area contributed by atoms with Crippen molar-refractivity contribution >= 4 is 21.8 Å². The maximum atomic E-state index is 11.5. The molecule has 0 radical (unpaired) electrons. The molecule has 0 heterocycles. The molecule has 0 aliphatic rings. The summed E-state index contributed by atoms with van der Waals surface area (Å²) in [5, 5.41) is 11.1. The van der Waals surface area contributed by atoms with Crippen molar-refractivity contribution in [2.75, 3.05) is 19.8 Å². The standard InChI is InChI=1S/C12H16N2O5S/c1-14(8-11(15)16)12(17)13-7-9-3-5-10(6-4-9)20(2,18)19/h3-6H,7-8H2,1-2H3,(H,13,17)(H,15,16).